The normalized spacial score (nSPS) is 17.7. The number of amides is 1. The van der Waals surface area contributed by atoms with Crippen LogP contribution in [0.4, 0.5) is 13.2 Å². The van der Waals surface area contributed by atoms with Crippen LogP contribution in [0, 0.1) is 11.8 Å². The minimum Gasteiger partial charge on any atom is -0.464 e. The van der Waals surface area contributed by atoms with E-state index in [0.717, 1.165) is 11.0 Å². The van der Waals surface area contributed by atoms with Crippen molar-refractivity contribution in [2.24, 2.45) is 10.7 Å². The van der Waals surface area contributed by atoms with Crippen molar-refractivity contribution in [1.29, 1.82) is 0 Å². The van der Waals surface area contributed by atoms with Gasteiger partial charge in [-0.3, -0.25) is 9.69 Å². The Morgan fingerprint density at radius 3 is 2.56 bits per heavy atom. The second-order valence-electron chi connectivity index (χ2n) is 7.57. The van der Waals surface area contributed by atoms with Crippen LogP contribution in [-0.2, 0) is 21.6 Å². The number of aliphatic imine (C=N–C) groups is 1. The average molecular weight is 471 g/mol. The summed E-state index contributed by atoms with van der Waals surface area (Å²) in [6.07, 6.45) is 2.62. The molecule has 0 saturated carbocycles. The van der Waals surface area contributed by atoms with Gasteiger partial charge in [-0.1, -0.05) is 6.07 Å². The first kappa shape index (κ1) is 23.0. The molecule has 4 rings (SSSR count). The highest BCUT2D eigenvalue weighted by molar-refractivity contribution is 6.09. The first-order valence-corrected chi connectivity index (χ1v) is 10.1. The largest absolute Gasteiger partial charge is 0.464 e. The summed E-state index contributed by atoms with van der Waals surface area (Å²) < 4.78 is 48.4. The van der Waals surface area contributed by atoms with Gasteiger partial charge in [-0.25, -0.2) is 23.6 Å². The van der Waals surface area contributed by atoms with E-state index in [1.165, 1.54) is 61.5 Å². The van der Waals surface area contributed by atoms with E-state index in [0.29, 0.717) is 0 Å². The highest BCUT2D eigenvalue weighted by atomic mass is 19.1. The molecular weight excluding hydrogens is 451 g/mol. The first-order chi connectivity index (χ1) is 16.2. The molecule has 34 heavy (non-hydrogen) atoms. The van der Waals surface area contributed by atoms with Gasteiger partial charge in [0.1, 0.15) is 18.2 Å². The number of guanidine groups is 1. The lowest BCUT2D eigenvalue weighted by Crippen LogP contribution is -2.41. The van der Waals surface area contributed by atoms with Crippen molar-refractivity contribution in [2.75, 3.05) is 20.8 Å². The van der Waals surface area contributed by atoms with Crippen molar-refractivity contribution in [3.63, 3.8) is 0 Å². The van der Waals surface area contributed by atoms with Crippen LogP contribution in [0.1, 0.15) is 21.6 Å². The maximum Gasteiger partial charge on any atom is 0.354 e. The van der Waals surface area contributed by atoms with E-state index >= 15 is 0 Å². The number of methoxy groups -OCH3 is 1. The smallest absolute Gasteiger partial charge is 0.354 e. The molecule has 2 aromatic heterocycles. The number of hydrogen-bond donors (Lipinski definition) is 1. The zero-order chi connectivity index (χ0) is 24.6. The van der Waals surface area contributed by atoms with Gasteiger partial charge in [0.15, 0.2) is 11.5 Å². The van der Waals surface area contributed by atoms with Gasteiger partial charge in [0.25, 0.3) is 5.91 Å². The van der Waals surface area contributed by atoms with Gasteiger partial charge >= 0.3 is 5.97 Å². The molecule has 3 aromatic rings. The van der Waals surface area contributed by atoms with Gasteiger partial charge in [-0.15, -0.1) is 0 Å². The second kappa shape index (κ2) is 8.65. The molecule has 1 amide bonds. The summed E-state index contributed by atoms with van der Waals surface area (Å²) in [6.45, 7) is -0.968. The fraction of sp³-hybridized carbons (Fsp3) is 0.217. The number of esters is 1. The van der Waals surface area contributed by atoms with E-state index in [1.807, 2.05) is 0 Å². The SMILES string of the molecule is COC(=O)c1cc([C@]2(c3ccc(F)c(-c4cccnc4F)c3)N=C(N)N(C)C2=O)cn1CCF. The maximum absolute atomic E-state index is 14.8. The summed E-state index contributed by atoms with van der Waals surface area (Å²) >= 11 is 0. The van der Waals surface area contributed by atoms with Crippen molar-refractivity contribution in [2.45, 2.75) is 12.1 Å². The van der Waals surface area contributed by atoms with E-state index < -0.39 is 35.9 Å². The molecule has 176 valence electrons. The Balaban J connectivity index is 1.99. The topological polar surface area (TPSA) is 103 Å². The monoisotopic (exact) mass is 471 g/mol. The molecule has 8 nitrogen and oxygen atoms in total. The Kier molecular flexibility index (Phi) is 5.86. The third-order valence-corrected chi connectivity index (χ3v) is 5.71. The lowest BCUT2D eigenvalue weighted by molar-refractivity contribution is -0.129. The standard InChI is InChI=1S/C23H20F3N5O3/c1-30-21(33)23(29-22(30)27,14-11-18(20(32)34-2)31(12-14)9-7-24)13-5-6-17(25)16(10-13)15-4-3-8-28-19(15)26/h3-6,8,10-12H,7,9H2,1-2H3,(H2,27,29)/t23-/m0/s1. The Bertz CT molecular complexity index is 1320. The maximum atomic E-state index is 14.8. The number of carbonyl (C=O) groups excluding carboxylic acids is 2. The summed E-state index contributed by atoms with van der Waals surface area (Å²) in [7, 11) is 2.58. The van der Waals surface area contributed by atoms with Crippen molar-refractivity contribution >= 4 is 17.8 Å². The number of aromatic nitrogens is 2. The van der Waals surface area contributed by atoms with E-state index in [-0.39, 0.29) is 40.5 Å². The van der Waals surface area contributed by atoms with Gasteiger partial charge in [-0.05, 0) is 35.9 Å². The van der Waals surface area contributed by atoms with Crippen LogP contribution in [0.25, 0.3) is 11.1 Å². The van der Waals surface area contributed by atoms with Gasteiger partial charge in [-0.2, -0.15) is 4.39 Å². The highest BCUT2D eigenvalue weighted by Gasteiger charge is 2.50. The number of halogens is 3. The summed E-state index contributed by atoms with van der Waals surface area (Å²) in [5.41, 5.74) is 4.22. The predicted molar refractivity (Wildman–Crippen MR) is 117 cm³/mol. The van der Waals surface area contributed by atoms with Crippen molar-refractivity contribution < 1.29 is 27.5 Å². The molecule has 0 bridgehead atoms. The third kappa shape index (κ3) is 3.49. The number of nitrogens with zero attached hydrogens (tertiary/aromatic N) is 4. The number of ether oxygens (including phenoxy) is 1. The van der Waals surface area contributed by atoms with Crippen LogP contribution in [-0.4, -0.2) is 53.1 Å². The van der Waals surface area contributed by atoms with Gasteiger partial charge in [0.2, 0.25) is 5.95 Å². The minimum absolute atomic E-state index is 0.00807. The molecule has 1 aliphatic rings. The highest BCUT2D eigenvalue weighted by Crippen LogP contribution is 2.42. The molecule has 11 heteroatoms. The number of aryl methyl sites for hydroxylation is 1. The minimum atomic E-state index is -1.83. The molecule has 3 heterocycles. The summed E-state index contributed by atoms with van der Waals surface area (Å²) in [5, 5.41) is 0. The van der Waals surface area contributed by atoms with E-state index in [1.54, 1.807) is 0 Å². The fourth-order valence-corrected chi connectivity index (χ4v) is 3.99. The van der Waals surface area contributed by atoms with Crippen molar-refractivity contribution in [3.05, 3.63) is 77.4 Å². The Labute approximate surface area is 192 Å². The van der Waals surface area contributed by atoms with Crippen LogP contribution in [0.15, 0.2) is 53.8 Å². The van der Waals surface area contributed by atoms with Gasteiger partial charge in [0, 0.05) is 36.1 Å². The van der Waals surface area contributed by atoms with Crippen molar-refractivity contribution in [3.8, 4) is 11.1 Å². The molecule has 1 atom stereocenters. The molecule has 0 radical (unpaired) electrons. The van der Waals surface area contributed by atoms with Crippen LogP contribution in [0.3, 0.4) is 0 Å². The van der Waals surface area contributed by atoms with Gasteiger partial charge in [0.05, 0.1) is 13.7 Å². The molecule has 0 spiro atoms. The molecule has 0 fully saturated rings. The lowest BCUT2D eigenvalue weighted by Gasteiger charge is -2.25. The zero-order valence-corrected chi connectivity index (χ0v) is 18.3. The average Bonchev–Trinajstić information content (AvgIpc) is 3.35. The quantitative estimate of drug-likeness (QED) is 0.440. The van der Waals surface area contributed by atoms with Crippen LogP contribution >= 0.6 is 0 Å². The molecule has 1 aliphatic heterocycles. The number of likely N-dealkylation sites (N-methyl/N-ethyl adjacent to an activating group) is 1. The number of hydrogen-bond acceptors (Lipinski definition) is 6. The molecule has 1 aromatic carbocycles. The van der Waals surface area contributed by atoms with Crippen LogP contribution < -0.4 is 5.73 Å². The molecule has 0 unspecified atom stereocenters. The summed E-state index contributed by atoms with van der Waals surface area (Å²) in [5.74, 6) is -3.11. The Morgan fingerprint density at radius 2 is 1.94 bits per heavy atom. The predicted octanol–water partition coefficient (Wildman–Crippen LogP) is 2.61. The number of rotatable bonds is 6. The van der Waals surface area contributed by atoms with Crippen LogP contribution in [0.5, 0.6) is 0 Å². The van der Waals surface area contributed by atoms with E-state index in [9.17, 15) is 22.8 Å². The lowest BCUT2D eigenvalue weighted by atomic mass is 9.82. The number of benzene rings is 1. The zero-order valence-electron chi connectivity index (χ0n) is 18.3. The molecular formula is C23H20F3N5O3. The molecule has 0 saturated heterocycles. The third-order valence-electron chi connectivity index (χ3n) is 5.71. The molecule has 0 aliphatic carbocycles. The number of carbonyl (C=O) groups is 2. The Hall–Kier alpha value is -4.15. The molecule has 2 N–H and O–H groups in total. The fourth-order valence-electron chi connectivity index (χ4n) is 3.99. The number of pyridine rings is 1. The first-order valence-electron chi connectivity index (χ1n) is 10.1. The summed E-state index contributed by atoms with van der Waals surface area (Å²) in [6, 6.07) is 7.84. The number of nitrogens with two attached hydrogens (primary N) is 1. The van der Waals surface area contributed by atoms with E-state index in [2.05, 4.69) is 9.98 Å². The Morgan fingerprint density at radius 1 is 1.18 bits per heavy atom. The second-order valence-corrected chi connectivity index (χ2v) is 7.57. The van der Waals surface area contributed by atoms with Crippen LogP contribution in [0.2, 0.25) is 0 Å². The number of alkyl halides is 1. The van der Waals surface area contributed by atoms with Crippen molar-refractivity contribution in [1.82, 2.24) is 14.5 Å². The van der Waals surface area contributed by atoms with E-state index in [4.69, 9.17) is 10.5 Å². The summed E-state index contributed by atoms with van der Waals surface area (Å²) in [4.78, 5) is 34.9. The van der Waals surface area contributed by atoms with Gasteiger partial charge < -0.3 is 15.0 Å².